The number of hydrogen-bond acceptors (Lipinski definition) is 5. The van der Waals surface area contributed by atoms with Gasteiger partial charge in [0.1, 0.15) is 10.6 Å². The summed E-state index contributed by atoms with van der Waals surface area (Å²) in [6, 6.07) is 4.09. The number of thiophene rings is 1. The van der Waals surface area contributed by atoms with Crippen molar-refractivity contribution in [2.75, 3.05) is 5.32 Å². The van der Waals surface area contributed by atoms with Crippen LogP contribution in [0.25, 0.3) is 0 Å². The third kappa shape index (κ3) is 3.34. The zero-order valence-corrected chi connectivity index (χ0v) is 12.0. The number of amides is 1. The lowest BCUT2D eigenvalue weighted by Crippen LogP contribution is -2.26. The van der Waals surface area contributed by atoms with Gasteiger partial charge in [-0.1, -0.05) is 6.92 Å². The lowest BCUT2D eigenvalue weighted by molar-refractivity contribution is 0.0703. The van der Waals surface area contributed by atoms with Crippen LogP contribution in [0.4, 0.5) is 5.69 Å². The molecule has 0 bridgehead atoms. The molecule has 0 saturated heterocycles. The fraction of sp³-hybridized carbons (Fsp3) is 0.231. The molecule has 0 atom stereocenters. The highest BCUT2D eigenvalue weighted by Crippen LogP contribution is 2.22. The number of hydrogen-bond donors (Lipinski definition) is 2. The summed E-state index contributed by atoms with van der Waals surface area (Å²) in [7, 11) is 0. The van der Waals surface area contributed by atoms with Gasteiger partial charge in [0.05, 0.1) is 5.69 Å². The van der Waals surface area contributed by atoms with Crippen molar-refractivity contribution >= 4 is 28.9 Å². The van der Waals surface area contributed by atoms with Crippen LogP contribution in [0.3, 0.4) is 0 Å². The Hall–Kier alpha value is -2.48. The molecule has 1 amide bonds. The second-order valence-electron chi connectivity index (χ2n) is 4.20. The van der Waals surface area contributed by atoms with Gasteiger partial charge < -0.3 is 10.4 Å². The fourth-order valence-electron chi connectivity index (χ4n) is 1.70. The number of anilines is 1. The molecular weight excluding hydrogens is 294 g/mol. The summed E-state index contributed by atoms with van der Waals surface area (Å²) in [6.07, 6.45) is 0.714. The zero-order valence-electron chi connectivity index (χ0n) is 11.2. The Kier molecular flexibility index (Phi) is 4.49. The monoisotopic (exact) mass is 307 g/mol. The molecule has 0 aliphatic carbocycles. The standard InChI is InChI=1S/C13H13N3O4S/c1-2-6-16-10(17)4-3-9(15-16)12(18)14-8-5-7-21-11(8)13(19)20/h3-5,7H,2,6H2,1H3,(H,14,18)(H,19,20). The van der Waals surface area contributed by atoms with E-state index in [0.29, 0.717) is 13.0 Å². The summed E-state index contributed by atoms with van der Waals surface area (Å²) < 4.78 is 1.21. The Bertz CT molecular complexity index is 735. The minimum absolute atomic E-state index is 0.0465. The van der Waals surface area contributed by atoms with Crippen molar-refractivity contribution in [2.45, 2.75) is 19.9 Å². The van der Waals surface area contributed by atoms with Crippen LogP contribution in [-0.4, -0.2) is 26.8 Å². The number of carbonyl (C=O) groups is 2. The number of aromatic nitrogens is 2. The van der Waals surface area contributed by atoms with Gasteiger partial charge in [0.15, 0.2) is 0 Å². The van der Waals surface area contributed by atoms with Crippen LogP contribution in [0.2, 0.25) is 0 Å². The molecular formula is C13H13N3O4S. The number of aryl methyl sites for hydroxylation is 1. The second-order valence-corrected chi connectivity index (χ2v) is 5.12. The number of aromatic carboxylic acids is 1. The molecule has 2 rings (SSSR count). The van der Waals surface area contributed by atoms with Gasteiger partial charge in [0, 0.05) is 12.6 Å². The van der Waals surface area contributed by atoms with E-state index in [1.807, 2.05) is 6.92 Å². The zero-order chi connectivity index (χ0) is 15.4. The predicted molar refractivity (Wildman–Crippen MR) is 78.0 cm³/mol. The van der Waals surface area contributed by atoms with Gasteiger partial charge in [-0.05, 0) is 23.9 Å². The van der Waals surface area contributed by atoms with Gasteiger partial charge in [-0.2, -0.15) is 5.10 Å². The average molecular weight is 307 g/mol. The van der Waals surface area contributed by atoms with Crippen molar-refractivity contribution in [2.24, 2.45) is 0 Å². The number of nitrogens with zero attached hydrogens (tertiary/aromatic N) is 2. The third-order valence-corrected chi connectivity index (χ3v) is 3.54. The van der Waals surface area contributed by atoms with Gasteiger partial charge in [-0.3, -0.25) is 9.59 Å². The number of carboxylic acids is 1. The van der Waals surface area contributed by atoms with Crippen molar-refractivity contribution in [1.29, 1.82) is 0 Å². The molecule has 0 aliphatic rings. The van der Waals surface area contributed by atoms with E-state index in [-0.39, 0.29) is 21.8 Å². The summed E-state index contributed by atoms with van der Waals surface area (Å²) >= 11 is 1.02. The SMILES string of the molecule is CCCn1nc(C(=O)Nc2ccsc2C(=O)O)ccc1=O. The van der Waals surface area contributed by atoms with Gasteiger partial charge in [0.2, 0.25) is 0 Å². The summed E-state index contributed by atoms with van der Waals surface area (Å²) in [4.78, 5) is 34.6. The maximum atomic E-state index is 12.1. The van der Waals surface area contributed by atoms with Crippen molar-refractivity contribution in [3.8, 4) is 0 Å². The predicted octanol–water partition coefficient (Wildman–Crippen LogP) is 1.67. The molecule has 110 valence electrons. The number of carbonyl (C=O) groups excluding carboxylic acids is 1. The van der Waals surface area contributed by atoms with E-state index in [1.54, 1.807) is 5.38 Å². The quantitative estimate of drug-likeness (QED) is 0.875. The fourth-order valence-corrected chi connectivity index (χ4v) is 2.39. The molecule has 2 aromatic rings. The van der Waals surface area contributed by atoms with Gasteiger partial charge in [0.25, 0.3) is 11.5 Å². The summed E-state index contributed by atoms with van der Waals surface area (Å²) in [5, 5.41) is 17.0. The summed E-state index contributed by atoms with van der Waals surface area (Å²) in [5.74, 6) is -1.66. The summed E-state index contributed by atoms with van der Waals surface area (Å²) in [5.41, 5.74) is -0.00621. The highest BCUT2D eigenvalue weighted by molar-refractivity contribution is 7.12. The molecule has 8 heteroatoms. The van der Waals surface area contributed by atoms with E-state index in [9.17, 15) is 14.4 Å². The van der Waals surface area contributed by atoms with Crippen LogP contribution in [0.15, 0.2) is 28.4 Å². The molecule has 0 saturated carbocycles. The Balaban J connectivity index is 2.24. The van der Waals surface area contributed by atoms with E-state index in [2.05, 4.69) is 10.4 Å². The second kappa shape index (κ2) is 6.31. The number of carboxylic acid groups (broad SMARTS) is 1. The third-order valence-electron chi connectivity index (χ3n) is 2.64. The molecule has 2 heterocycles. The molecule has 7 nitrogen and oxygen atoms in total. The van der Waals surface area contributed by atoms with Crippen LogP contribution >= 0.6 is 11.3 Å². The maximum absolute atomic E-state index is 12.1. The van der Waals surface area contributed by atoms with E-state index < -0.39 is 11.9 Å². The number of nitrogens with one attached hydrogen (secondary N) is 1. The van der Waals surface area contributed by atoms with Crippen LogP contribution < -0.4 is 10.9 Å². The highest BCUT2D eigenvalue weighted by atomic mass is 32.1. The highest BCUT2D eigenvalue weighted by Gasteiger charge is 2.16. The lowest BCUT2D eigenvalue weighted by atomic mass is 10.3. The largest absolute Gasteiger partial charge is 0.477 e. The minimum Gasteiger partial charge on any atom is -0.477 e. The first-order valence-electron chi connectivity index (χ1n) is 6.23. The topological polar surface area (TPSA) is 101 Å². The molecule has 0 fully saturated rings. The Labute approximate surface area is 123 Å². The van der Waals surface area contributed by atoms with Crippen molar-refractivity contribution in [3.05, 3.63) is 44.5 Å². The Morgan fingerprint density at radius 1 is 1.38 bits per heavy atom. The maximum Gasteiger partial charge on any atom is 0.348 e. The van der Waals surface area contributed by atoms with Gasteiger partial charge >= 0.3 is 5.97 Å². The van der Waals surface area contributed by atoms with Crippen molar-refractivity contribution < 1.29 is 14.7 Å². The van der Waals surface area contributed by atoms with E-state index in [0.717, 1.165) is 11.3 Å². The van der Waals surface area contributed by atoms with E-state index in [4.69, 9.17) is 5.11 Å². The molecule has 0 unspecified atom stereocenters. The van der Waals surface area contributed by atoms with E-state index in [1.165, 1.54) is 22.9 Å². The molecule has 0 spiro atoms. The molecule has 2 N–H and O–H groups in total. The lowest BCUT2D eigenvalue weighted by Gasteiger charge is -2.06. The van der Waals surface area contributed by atoms with Crippen LogP contribution in [-0.2, 0) is 6.54 Å². The first-order valence-corrected chi connectivity index (χ1v) is 7.11. The van der Waals surface area contributed by atoms with Gasteiger partial charge in [-0.15, -0.1) is 11.3 Å². The smallest absolute Gasteiger partial charge is 0.348 e. The Morgan fingerprint density at radius 3 is 2.81 bits per heavy atom. The van der Waals surface area contributed by atoms with Crippen LogP contribution in [0, 0.1) is 0 Å². The number of rotatable bonds is 5. The summed E-state index contributed by atoms with van der Waals surface area (Å²) in [6.45, 7) is 2.31. The first kappa shape index (κ1) is 14.9. The average Bonchev–Trinajstić information content (AvgIpc) is 2.89. The van der Waals surface area contributed by atoms with Crippen LogP contribution in [0.5, 0.6) is 0 Å². The normalized spacial score (nSPS) is 10.3. The molecule has 0 radical (unpaired) electrons. The minimum atomic E-state index is -1.11. The van der Waals surface area contributed by atoms with Crippen LogP contribution in [0.1, 0.15) is 33.5 Å². The Morgan fingerprint density at radius 2 is 2.14 bits per heavy atom. The molecule has 2 aromatic heterocycles. The molecule has 0 aliphatic heterocycles. The van der Waals surface area contributed by atoms with Crippen molar-refractivity contribution in [1.82, 2.24) is 9.78 Å². The first-order chi connectivity index (χ1) is 10.0. The van der Waals surface area contributed by atoms with E-state index >= 15 is 0 Å². The molecule has 0 aromatic carbocycles. The van der Waals surface area contributed by atoms with Gasteiger partial charge in [-0.25, -0.2) is 9.48 Å². The molecule has 21 heavy (non-hydrogen) atoms. The van der Waals surface area contributed by atoms with Crippen molar-refractivity contribution in [3.63, 3.8) is 0 Å².